The molecule has 12 heavy (non-hydrogen) atoms. The largest absolute Gasteiger partial charge is 0.370 e. The Morgan fingerprint density at radius 3 is 3.08 bits per heavy atom. The van der Waals surface area contributed by atoms with Gasteiger partial charge in [-0.2, -0.15) is 5.10 Å². The van der Waals surface area contributed by atoms with Crippen molar-refractivity contribution in [2.24, 2.45) is 17.8 Å². The van der Waals surface area contributed by atoms with Crippen molar-refractivity contribution >= 4 is 11.8 Å². The molecule has 66 valence electrons. The Bertz CT molecular complexity index is 275. The van der Waals surface area contributed by atoms with E-state index in [-0.39, 0.29) is 0 Å². The van der Waals surface area contributed by atoms with Gasteiger partial charge in [0, 0.05) is 25.9 Å². The lowest BCUT2D eigenvalue weighted by molar-refractivity contribution is 0.771. The highest BCUT2D eigenvalue weighted by atomic mass is 15.3. The molecule has 0 saturated carbocycles. The van der Waals surface area contributed by atoms with E-state index < -0.39 is 0 Å². The first kappa shape index (κ1) is 8.58. The van der Waals surface area contributed by atoms with Gasteiger partial charge in [-0.3, -0.25) is 9.67 Å². The van der Waals surface area contributed by atoms with Gasteiger partial charge in [0.1, 0.15) is 0 Å². The third-order valence-corrected chi connectivity index (χ3v) is 1.30. The van der Waals surface area contributed by atoms with E-state index in [1.165, 1.54) is 0 Å². The van der Waals surface area contributed by atoms with Crippen molar-refractivity contribution < 1.29 is 0 Å². The summed E-state index contributed by atoms with van der Waals surface area (Å²) in [4.78, 5) is 3.96. The Morgan fingerprint density at radius 2 is 2.58 bits per heavy atom. The number of aliphatic imine (C=N–C) groups is 1. The second-order valence-electron chi connectivity index (χ2n) is 2.36. The molecule has 1 aromatic rings. The Balaban J connectivity index is 2.58. The van der Waals surface area contributed by atoms with Gasteiger partial charge in [-0.05, 0) is 6.92 Å². The molecule has 0 aliphatic rings. The van der Waals surface area contributed by atoms with Crippen molar-refractivity contribution in [3.63, 3.8) is 0 Å². The van der Waals surface area contributed by atoms with Crippen LogP contribution in [0.15, 0.2) is 17.3 Å². The van der Waals surface area contributed by atoms with Crippen LogP contribution < -0.4 is 11.1 Å². The van der Waals surface area contributed by atoms with Crippen LogP contribution >= 0.6 is 0 Å². The molecule has 0 spiro atoms. The normalized spacial score (nSPS) is 11.7. The summed E-state index contributed by atoms with van der Waals surface area (Å²) in [5.41, 5.74) is 5.52. The van der Waals surface area contributed by atoms with Crippen molar-refractivity contribution in [3.8, 4) is 0 Å². The summed E-state index contributed by atoms with van der Waals surface area (Å²) in [7, 11) is 1.85. The smallest absolute Gasteiger partial charge is 0.194 e. The van der Waals surface area contributed by atoms with Crippen molar-refractivity contribution in [2.75, 3.05) is 11.9 Å². The van der Waals surface area contributed by atoms with Crippen LogP contribution in [0.5, 0.6) is 0 Å². The Labute approximate surface area is 71.3 Å². The number of hydrogen-bond donors (Lipinski definition) is 2. The van der Waals surface area contributed by atoms with E-state index in [0.29, 0.717) is 18.3 Å². The van der Waals surface area contributed by atoms with Crippen LogP contribution in [0.4, 0.5) is 5.82 Å². The Kier molecular flexibility index (Phi) is 2.68. The number of nitrogens with one attached hydrogen (secondary N) is 1. The number of rotatable bonds is 2. The standard InChI is InChI=1S/C7H13N5/c1-3-9-7(8)10-6-4-5-12(2)11-6/h4-5H,3H2,1-2H3,(H3,8,9,10,11). The second kappa shape index (κ2) is 3.75. The van der Waals surface area contributed by atoms with Gasteiger partial charge in [0.05, 0.1) is 0 Å². The number of aromatic nitrogens is 2. The fourth-order valence-electron chi connectivity index (χ4n) is 0.823. The average molecular weight is 167 g/mol. The first-order valence-corrected chi connectivity index (χ1v) is 3.79. The average Bonchev–Trinajstić information content (AvgIpc) is 2.36. The molecule has 0 saturated heterocycles. The first-order chi connectivity index (χ1) is 5.72. The number of guanidine groups is 1. The van der Waals surface area contributed by atoms with Gasteiger partial charge in [-0.15, -0.1) is 0 Å². The van der Waals surface area contributed by atoms with Gasteiger partial charge in [0.25, 0.3) is 0 Å². The molecule has 5 nitrogen and oxygen atoms in total. The maximum Gasteiger partial charge on any atom is 0.194 e. The first-order valence-electron chi connectivity index (χ1n) is 3.79. The molecule has 0 unspecified atom stereocenters. The van der Waals surface area contributed by atoms with Crippen LogP contribution in [0.1, 0.15) is 6.92 Å². The highest BCUT2D eigenvalue weighted by molar-refractivity contribution is 5.91. The van der Waals surface area contributed by atoms with Gasteiger partial charge in [-0.25, -0.2) is 0 Å². The van der Waals surface area contributed by atoms with Gasteiger partial charge >= 0.3 is 0 Å². The Morgan fingerprint density at radius 1 is 1.83 bits per heavy atom. The summed E-state index contributed by atoms with van der Waals surface area (Å²) in [5.74, 6) is 1.11. The van der Waals surface area contributed by atoms with E-state index in [4.69, 9.17) is 5.73 Å². The molecule has 0 aliphatic carbocycles. The predicted octanol–water partition coefficient (Wildman–Crippen LogP) is 0.167. The molecule has 0 bridgehead atoms. The van der Waals surface area contributed by atoms with Gasteiger partial charge in [0.15, 0.2) is 11.8 Å². The number of nitrogens with zero attached hydrogens (tertiary/aromatic N) is 3. The molecule has 3 N–H and O–H groups in total. The highest BCUT2D eigenvalue weighted by Gasteiger charge is 1.95. The van der Waals surface area contributed by atoms with E-state index in [0.717, 1.165) is 0 Å². The van der Waals surface area contributed by atoms with Crippen LogP contribution in [-0.4, -0.2) is 22.3 Å². The summed E-state index contributed by atoms with van der Waals surface area (Å²) in [5, 5.41) is 6.94. The van der Waals surface area contributed by atoms with Gasteiger partial charge in [-0.1, -0.05) is 0 Å². The summed E-state index contributed by atoms with van der Waals surface area (Å²) in [6.07, 6.45) is 1.83. The second-order valence-corrected chi connectivity index (χ2v) is 2.36. The molecule has 1 rings (SSSR count). The SMILES string of the molecule is CCN=C(N)Nc1ccn(C)n1. The van der Waals surface area contributed by atoms with Crippen LogP contribution in [0.25, 0.3) is 0 Å². The minimum absolute atomic E-state index is 0.399. The molecule has 0 aliphatic heterocycles. The van der Waals surface area contributed by atoms with Crippen LogP contribution in [0.2, 0.25) is 0 Å². The molecule has 0 radical (unpaired) electrons. The quantitative estimate of drug-likeness (QED) is 0.487. The monoisotopic (exact) mass is 167 g/mol. The van der Waals surface area contributed by atoms with E-state index in [1.807, 2.05) is 26.2 Å². The minimum atomic E-state index is 0.399. The maximum absolute atomic E-state index is 5.52. The zero-order valence-corrected chi connectivity index (χ0v) is 7.28. The van der Waals surface area contributed by atoms with Crippen molar-refractivity contribution in [1.29, 1.82) is 0 Å². The fraction of sp³-hybridized carbons (Fsp3) is 0.429. The molecule has 0 amide bonds. The minimum Gasteiger partial charge on any atom is -0.370 e. The van der Waals surface area contributed by atoms with Crippen LogP contribution in [-0.2, 0) is 7.05 Å². The van der Waals surface area contributed by atoms with E-state index in [9.17, 15) is 0 Å². The third kappa shape index (κ3) is 2.26. The lowest BCUT2D eigenvalue weighted by atomic mass is 10.6. The highest BCUT2D eigenvalue weighted by Crippen LogP contribution is 1.99. The third-order valence-electron chi connectivity index (χ3n) is 1.30. The zero-order valence-electron chi connectivity index (χ0n) is 7.28. The molecule has 0 aromatic carbocycles. The molecule has 1 aromatic heterocycles. The summed E-state index contributed by atoms with van der Waals surface area (Å²) < 4.78 is 1.70. The maximum atomic E-state index is 5.52. The lowest BCUT2D eigenvalue weighted by Gasteiger charge is -1.99. The number of aryl methyl sites for hydroxylation is 1. The van der Waals surface area contributed by atoms with Crippen molar-refractivity contribution in [2.45, 2.75) is 6.92 Å². The summed E-state index contributed by atoms with van der Waals surface area (Å²) >= 11 is 0. The van der Waals surface area contributed by atoms with Crippen LogP contribution in [0, 0.1) is 0 Å². The van der Waals surface area contributed by atoms with Gasteiger partial charge in [0.2, 0.25) is 0 Å². The van der Waals surface area contributed by atoms with E-state index in [2.05, 4.69) is 15.4 Å². The topological polar surface area (TPSA) is 68.2 Å². The molecule has 1 heterocycles. The van der Waals surface area contributed by atoms with Crippen molar-refractivity contribution in [3.05, 3.63) is 12.3 Å². The van der Waals surface area contributed by atoms with Gasteiger partial charge < -0.3 is 11.1 Å². The number of nitrogens with two attached hydrogens (primary N) is 1. The van der Waals surface area contributed by atoms with E-state index >= 15 is 0 Å². The molecular weight excluding hydrogens is 154 g/mol. The summed E-state index contributed by atoms with van der Waals surface area (Å²) in [6.45, 7) is 2.60. The predicted molar refractivity (Wildman–Crippen MR) is 49.0 cm³/mol. The fourth-order valence-corrected chi connectivity index (χ4v) is 0.823. The Hall–Kier alpha value is -1.52. The number of anilines is 1. The lowest BCUT2D eigenvalue weighted by Crippen LogP contribution is -2.22. The van der Waals surface area contributed by atoms with Crippen molar-refractivity contribution in [1.82, 2.24) is 9.78 Å². The number of hydrogen-bond acceptors (Lipinski definition) is 2. The van der Waals surface area contributed by atoms with Crippen LogP contribution in [0.3, 0.4) is 0 Å². The zero-order chi connectivity index (χ0) is 8.97. The molecule has 5 heteroatoms. The molecule has 0 fully saturated rings. The summed E-state index contributed by atoms with van der Waals surface area (Å²) in [6, 6.07) is 1.83. The molecular formula is C7H13N5. The van der Waals surface area contributed by atoms with E-state index in [1.54, 1.807) is 4.68 Å². The molecule has 0 atom stereocenters.